The number of alkyl halides is 1. The molecule has 1 saturated carbocycles. The zero-order valence-electron chi connectivity index (χ0n) is 15.7. The van der Waals surface area contributed by atoms with E-state index in [1.807, 2.05) is 12.1 Å². The molecule has 0 amide bonds. The van der Waals surface area contributed by atoms with Gasteiger partial charge in [0.15, 0.2) is 0 Å². The van der Waals surface area contributed by atoms with Crippen LogP contribution >= 0.6 is 23.2 Å². The number of rotatable bonds is 2. The highest BCUT2D eigenvalue weighted by Crippen LogP contribution is 2.47. The van der Waals surface area contributed by atoms with Crippen molar-refractivity contribution in [3.63, 3.8) is 0 Å². The molecule has 1 aromatic carbocycles. The Morgan fingerprint density at radius 3 is 2.72 bits per heavy atom. The second-order valence-corrected chi connectivity index (χ2v) is 8.82. The first kappa shape index (κ1) is 19.0. The third-order valence-electron chi connectivity index (χ3n) is 6.57. The van der Waals surface area contributed by atoms with Gasteiger partial charge in [-0.15, -0.1) is 0 Å². The van der Waals surface area contributed by atoms with E-state index in [1.165, 1.54) is 0 Å². The Hall–Kier alpha value is -1.96. The third-order valence-corrected chi connectivity index (χ3v) is 7.39. The van der Waals surface area contributed by atoms with E-state index >= 15 is 0 Å². The first-order chi connectivity index (χ1) is 14.0. The molecule has 5 rings (SSSR count). The number of anilines is 1. The van der Waals surface area contributed by atoms with Crippen molar-refractivity contribution in [3.8, 4) is 11.3 Å². The van der Waals surface area contributed by atoms with Gasteiger partial charge in [-0.3, -0.25) is 5.10 Å². The smallest absolute Gasteiger partial charge is 0.202 e. The first-order valence-electron chi connectivity index (χ1n) is 9.79. The van der Waals surface area contributed by atoms with Gasteiger partial charge in [0, 0.05) is 24.7 Å². The molecule has 2 atom stereocenters. The minimum atomic E-state index is -0.876. The number of aromatic amines is 1. The Morgan fingerprint density at radius 1 is 1.21 bits per heavy atom. The number of hydrogen-bond donors (Lipinski definition) is 2. The number of nitrogens with two attached hydrogens (primary N) is 1. The molecule has 152 valence electrons. The van der Waals surface area contributed by atoms with Crippen LogP contribution in [0.4, 0.5) is 10.2 Å². The number of H-pyrrole nitrogens is 1. The van der Waals surface area contributed by atoms with E-state index in [4.69, 9.17) is 28.9 Å². The fraction of sp³-hybridized carbons (Fsp3) is 0.450. The van der Waals surface area contributed by atoms with E-state index in [9.17, 15) is 4.39 Å². The molecular formula is C20H21Cl2FN6. The van der Waals surface area contributed by atoms with E-state index in [1.54, 1.807) is 12.3 Å². The van der Waals surface area contributed by atoms with Gasteiger partial charge in [-0.2, -0.15) is 5.10 Å². The van der Waals surface area contributed by atoms with E-state index < -0.39 is 6.17 Å². The second-order valence-electron chi connectivity index (χ2n) is 8.03. The van der Waals surface area contributed by atoms with Gasteiger partial charge in [-0.25, -0.2) is 14.4 Å². The number of aromatic nitrogens is 4. The Bertz CT molecular complexity index is 1060. The van der Waals surface area contributed by atoms with Crippen LogP contribution in [0.2, 0.25) is 10.0 Å². The third kappa shape index (κ3) is 3.07. The van der Waals surface area contributed by atoms with Gasteiger partial charge in [0.05, 0.1) is 21.9 Å². The lowest BCUT2D eigenvalue weighted by Crippen LogP contribution is -2.49. The zero-order chi connectivity index (χ0) is 20.2. The van der Waals surface area contributed by atoms with Crippen LogP contribution in [0.1, 0.15) is 25.7 Å². The summed E-state index contributed by atoms with van der Waals surface area (Å²) >= 11 is 12.5. The van der Waals surface area contributed by atoms with Crippen molar-refractivity contribution in [1.29, 1.82) is 0 Å². The topological polar surface area (TPSA) is 83.7 Å². The van der Waals surface area contributed by atoms with Gasteiger partial charge in [0.25, 0.3) is 0 Å². The van der Waals surface area contributed by atoms with Crippen molar-refractivity contribution in [2.75, 3.05) is 18.0 Å². The summed E-state index contributed by atoms with van der Waals surface area (Å²) in [5.74, 6) is 0.769. The number of piperidine rings is 1. The zero-order valence-corrected chi connectivity index (χ0v) is 17.2. The highest BCUT2D eigenvalue weighted by molar-refractivity contribution is 6.43. The number of nitrogens with one attached hydrogen (secondary N) is 1. The molecule has 1 spiro atoms. The number of hydrogen-bond acceptors (Lipinski definition) is 5. The normalized spacial score (nSPS) is 23.9. The fourth-order valence-corrected chi connectivity index (χ4v) is 5.14. The summed E-state index contributed by atoms with van der Waals surface area (Å²) in [6.07, 6.45) is 4.07. The lowest BCUT2D eigenvalue weighted by molar-refractivity contribution is 0.167. The second kappa shape index (κ2) is 7.07. The van der Waals surface area contributed by atoms with Crippen molar-refractivity contribution in [2.45, 2.75) is 37.9 Å². The highest BCUT2D eigenvalue weighted by Gasteiger charge is 2.48. The van der Waals surface area contributed by atoms with Crippen LogP contribution in [0.3, 0.4) is 0 Å². The maximum absolute atomic E-state index is 13.9. The highest BCUT2D eigenvalue weighted by atomic mass is 35.5. The molecule has 9 heteroatoms. The van der Waals surface area contributed by atoms with Gasteiger partial charge in [0.2, 0.25) is 5.65 Å². The van der Waals surface area contributed by atoms with Crippen molar-refractivity contribution >= 4 is 40.2 Å². The molecule has 2 fully saturated rings. The molecular weight excluding hydrogens is 414 g/mol. The average molecular weight is 435 g/mol. The van der Waals surface area contributed by atoms with Crippen molar-refractivity contribution in [1.82, 2.24) is 20.2 Å². The molecule has 2 aliphatic rings. The van der Waals surface area contributed by atoms with Crippen LogP contribution in [-0.2, 0) is 0 Å². The summed E-state index contributed by atoms with van der Waals surface area (Å²) < 4.78 is 13.9. The fourth-order valence-electron chi connectivity index (χ4n) is 4.74. The Labute approximate surface area is 177 Å². The van der Waals surface area contributed by atoms with Crippen molar-refractivity contribution in [2.24, 2.45) is 11.1 Å². The van der Waals surface area contributed by atoms with Crippen LogP contribution in [0.15, 0.2) is 24.4 Å². The molecule has 0 radical (unpaired) electrons. The summed E-state index contributed by atoms with van der Waals surface area (Å²) in [5.41, 5.74) is 8.69. The molecule has 6 nitrogen and oxygen atoms in total. The Balaban J connectivity index is 1.40. The molecule has 3 heterocycles. The monoisotopic (exact) mass is 434 g/mol. The predicted octanol–water partition coefficient (Wildman–Crippen LogP) is 4.37. The Morgan fingerprint density at radius 2 is 2.00 bits per heavy atom. The predicted molar refractivity (Wildman–Crippen MR) is 113 cm³/mol. The molecule has 29 heavy (non-hydrogen) atoms. The molecule has 0 bridgehead atoms. The van der Waals surface area contributed by atoms with Crippen LogP contribution in [0.25, 0.3) is 22.4 Å². The number of nitrogens with zero attached hydrogens (tertiary/aromatic N) is 4. The average Bonchev–Trinajstić information content (AvgIpc) is 3.27. The van der Waals surface area contributed by atoms with Gasteiger partial charge in [0.1, 0.15) is 17.5 Å². The van der Waals surface area contributed by atoms with Crippen LogP contribution in [0.5, 0.6) is 0 Å². The lowest BCUT2D eigenvalue weighted by Gasteiger charge is -2.42. The first-order valence-corrected chi connectivity index (χ1v) is 10.5. The van der Waals surface area contributed by atoms with Gasteiger partial charge < -0.3 is 10.6 Å². The summed E-state index contributed by atoms with van der Waals surface area (Å²) in [4.78, 5) is 11.5. The minimum Gasteiger partial charge on any atom is -0.355 e. The number of halogens is 3. The minimum absolute atomic E-state index is 0.0731. The summed E-state index contributed by atoms with van der Waals surface area (Å²) in [6, 6.07) is 5.08. The van der Waals surface area contributed by atoms with Crippen LogP contribution in [0, 0.1) is 5.41 Å². The molecule has 2 aromatic heterocycles. The molecule has 1 aliphatic heterocycles. The van der Waals surface area contributed by atoms with Crippen LogP contribution < -0.4 is 10.6 Å². The molecule has 1 aliphatic carbocycles. The van der Waals surface area contributed by atoms with Crippen LogP contribution in [-0.4, -0.2) is 45.5 Å². The lowest BCUT2D eigenvalue weighted by atomic mass is 9.74. The van der Waals surface area contributed by atoms with Gasteiger partial charge in [-0.1, -0.05) is 35.3 Å². The number of benzene rings is 1. The summed E-state index contributed by atoms with van der Waals surface area (Å²) in [5, 5.41) is 8.22. The summed E-state index contributed by atoms with van der Waals surface area (Å²) in [7, 11) is 0. The van der Waals surface area contributed by atoms with E-state index in [0.717, 1.165) is 43.7 Å². The van der Waals surface area contributed by atoms with E-state index in [0.29, 0.717) is 33.3 Å². The van der Waals surface area contributed by atoms with E-state index in [-0.39, 0.29) is 11.5 Å². The van der Waals surface area contributed by atoms with Gasteiger partial charge in [-0.05, 0) is 37.2 Å². The quantitative estimate of drug-likeness (QED) is 0.625. The standard InChI is InChI=1S/C20H21Cl2FN6/c21-12-3-1-2-11(15(12)22)16-17-19(28-27-16)26-14(10-25-17)29-8-6-20(7-9-29)5-4-13(23)18(20)24/h1-3,10,13,18H,4-9,24H2,(H,26,27,28)/t13-,18-/m1/s1. The molecule has 3 aromatic rings. The van der Waals surface area contributed by atoms with E-state index in [2.05, 4.69) is 25.1 Å². The van der Waals surface area contributed by atoms with Gasteiger partial charge >= 0.3 is 0 Å². The molecule has 0 unspecified atom stereocenters. The maximum atomic E-state index is 13.9. The Kier molecular flexibility index (Phi) is 4.64. The SMILES string of the molecule is N[C@@H]1[C@H](F)CCC12CCN(c1cnc3c(-c4cccc(Cl)c4Cl)[nH]nc3n1)CC2. The van der Waals surface area contributed by atoms with Crippen molar-refractivity contribution in [3.05, 3.63) is 34.4 Å². The number of fused-ring (bicyclic) bond motifs is 1. The van der Waals surface area contributed by atoms with Crippen molar-refractivity contribution < 1.29 is 4.39 Å². The summed E-state index contributed by atoms with van der Waals surface area (Å²) in [6.45, 7) is 1.58. The molecule has 3 N–H and O–H groups in total. The maximum Gasteiger partial charge on any atom is 0.202 e. The largest absolute Gasteiger partial charge is 0.355 e. The molecule has 1 saturated heterocycles.